The fourth-order valence-electron chi connectivity index (χ4n) is 2.94. The Morgan fingerprint density at radius 1 is 1.32 bits per heavy atom. The zero-order valence-electron chi connectivity index (χ0n) is 20.6. The first kappa shape index (κ1) is 28.6. The molecule has 0 atom stereocenters. The highest BCUT2D eigenvalue weighted by Crippen LogP contribution is 2.30. The first-order chi connectivity index (χ1) is 16.3. The second-order valence-corrected chi connectivity index (χ2v) is 8.36. The average molecular weight is 483 g/mol. The van der Waals surface area contributed by atoms with E-state index >= 15 is 0 Å². The number of aromatic nitrogens is 2. The molecular weight excluding hydrogens is 448 g/mol. The Bertz CT molecular complexity index is 1050. The molecule has 1 amide bonds. The normalized spacial score (nSPS) is 13.7. The van der Waals surface area contributed by atoms with Crippen LogP contribution in [-0.4, -0.2) is 29.5 Å². The van der Waals surface area contributed by atoms with E-state index in [1.165, 1.54) is 24.7 Å². The number of carbonyl (C=O) groups is 1. The monoisotopic (exact) mass is 482 g/mol. The highest BCUT2D eigenvalue weighted by molar-refractivity contribution is 7.14. The molecule has 1 saturated carbocycles. The van der Waals surface area contributed by atoms with Crippen molar-refractivity contribution in [2.75, 3.05) is 7.11 Å². The van der Waals surface area contributed by atoms with Crippen molar-refractivity contribution >= 4 is 17.4 Å². The zero-order chi connectivity index (χ0) is 25.5. The lowest BCUT2D eigenvalue weighted by molar-refractivity contribution is 0.182. The molecule has 0 aliphatic heterocycles. The van der Waals surface area contributed by atoms with Crippen LogP contribution < -0.4 is 10.5 Å². The summed E-state index contributed by atoms with van der Waals surface area (Å²) in [6.45, 7) is 12.0. The van der Waals surface area contributed by atoms with E-state index in [2.05, 4.69) is 51.5 Å². The number of amides is 1. The number of allylic oxidation sites excluding steroid dienone is 5. The number of hydrogen-bond acceptors (Lipinski definition) is 7. The highest BCUT2D eigenvalue weighted by Gasteiger charge is 2.12. The van der Waals surface area contributed by atoms with Crippen LogP contribution in [0.25, 0.3) is 10.6 Å². The largest absolute Gasteiger partial charge is 0.490 e. The number of nitrogens with zero attached hydrogens (tertiary/aromatic N) is 3. The van der Waals surface area contributed by atoms with E-state index in [0.717, 1.165) is 34.8 Å². The van der Waals surface area contributed by atoms with Crippen molar-refractivity contribution in [2.24, 2.45) is 5.73 Å². The summed E-state index contributed by atoms with van der Waals surface area (Å²) in [6, 6.07) is 7.76. The van der Waals surface area contributed by atoms with E-state index in [9.17, 15) is 10.1 Å². The number of ether oxygens (including phenoxy) is 2. The molecule has 0 radical (unpaired) electrons. The van der Waals surface area contributed by atoms with Gasteiger partial charge in [-0.15, -0.1) is 10.2 Å². The maximum Gasteiger partial charge on any atom is 0.404 e. The first-order valence-corrected chi connectivity index (χ1v) is 12.1. The molecule has 2 N–H and O–H groups in total. The van der Waals surface area contributed by atoms with Crippen LogP contribution in [0.15, 0.2) is 54.2 Å². The molecule has 1 fully saturated rings. The maximum absolute atomic E-state index is 9.38. The van der Waals surface area contributed by atoms with Crippen molar-refractivity contribution < 1.29 is 14.3 Å². The highest BCUT2D eigenvalue weighted by atomic mass is 32.1. The minimum atomic E-state index is -0.745. The van der Waals surface area contributed by atoms with Crippen molar-refractivity contribution in [3.8, 4) is 22.4 Å². The number of primary amides is 1. The summed E-state index contributed by atoms with van der Waals surface area (Å²) in [6.07, 6.45) is 9.82. The Morgan fingerprint density at radius 3 is 2.59 bits per heavy atom. The SMILES string of the molecule is C=C1CCC/C1=C/C=C\Cc1nnc(-c2ccc(OC(C)C)c(C#N)c2)s1.CC.COC(N)=O. The number of carbonyl (C=O) groups excluding carboxylic acids is 1. The van der Waals surface area contributed by atoms with Gasteiger partial charge in [-0.25, -0.2) is 4.79 Å². The van der Waals surface area contributed by atoms with Crippen LogP contribution in [0.5, 0.6) is 5.75 Å². The summed E-state index contributed by atoms with van der Waals surface area (Å²) >= 11 is 1.55. The number of hydrogen-bond donors (Lipinski definition) is 1. The number of rotatable bonds is 6. The molecular formula is C26H34N4O3S. The number of nitriles is 1. The predicted molar refractivity (Wildman–Crippen MR) is 138 cm³/mol. The summed E-state index contributed by atoms with van der Waals surface area (Å²) in [7, 11) is 1.22. The Labute approximate surface area is 206 Å². The number of benzene rings is 1. The Hall–Kier alpha value is -3.44. The van der Waals surface area contributed by atoms with Gasteiger partial charge in [0, 0.05) is 12.0 Å². The lowest BCUT2D eigenvalue weighted by Crippen LogP contribution is -2.08. The Balaban J connectivity index is 0.000000733. The molecule has 1 aliphatic rings. The smallest absolute Gasteiger partial charge is 0.404 e. The van der Waals surface area contributed by atoms with Crippen LogP contribution in [0, 0.1) is 11.3 Å². The predicted octanol–water partition coefficient (Wildman–Crippen LogP) is 6.37. The minimum absolute atomic E-state index is 0.0271. The molecule has 182 valence electrons. The Morgan fingerprint density at radius 2 is 2.03 bits per heavy atom. The molecule has 1 heterocycles. The fraction of sp³-hybridized carbons (Fsp3) is 0.385. The molecule has 1 aliphatic carbocycles. The summed E-state index contributed by atoms with van der Waals surface area (Å²) in [5.41, 5.74) is 8.45. The molecule has 0 unspecified atom stereocenters. The van der Waals surface area contributed by atoms with Crippen molar-refractivity contribution in [3.63, 3.8) is 0 Å². The van der Waals surface area contributed by atoms with Gasteiger partial charge in [0.2, 0.25) is 0 Å². The quantitative estimate of drug-likeness (QED) is 0.512. The third kappa shape index (κ3) is 9.59. The summed E-state index contributed by atoms with van der Waals surface area (Å²) in [5, 5.41) is 19.7. The van der Waals surface area contributed by atoms with Crippen LogP contribution in [-0.2, 0) is 11.2 Å². The molecule has 0 saturated heterocycles. The molecule has 8 heteroatoms. The van der Waals surface area contributed by atoms with Gasteiger partial charge in [-0.1, -0.05) is 55.6 Å². The summed E-state index contributed by atoms with van der Waals surface area (Å²) < 4.78 is 9.56. The van der Waals surface area contributed by atoms with Crippen LogP contribution in [0.4, 0.5) is 4.79 Å². The van der Waals surface area contributed by atoms with Crippen LogP contribution in [0.2, 0.25) is 0 Å². The van der Waals surface area contributed by atoms with Gasteiger partial charge in [0.05, 0.1) is 18.8 Å². The van der Waals surface area contributed by atoms with E-state index in [-0.39, 0.29) is 6.10 Å². The van der Waals surface area contributed by atoms with Gasteiger partial charge in [0.25, 0.3) is 0 Å². The van der Waals surface area contributed by atoms with Gasteiger partial charge in [-0.05, 0) is 56.9 Å². The topological polar surface area (TPSA) is 111 Å². The molecule has 3 rings (SSSR count). The molecule has 0 bridgehead atoms. The van der Waals surface area contributed by atoms with E-state index < -0.39 is 6.09 Å². The van der Waals surface area contributed by atoms with Gasteiger partial charge < -0.3 is 15.2 Å². The number of nitrogens with two attached hydrogens (primary N) is 1. The van der Waals surface area contributed by atoms with Gasteiger partial charge in [-0.2, -0.15) is 5.26 Å². The van der Waals surface area contributed by atoms with Crippen molar-refractivity contribution in [1.82, 2.24) is 10.2 Å². The minimum Gasteiger partial charge on any atom is -0.490 e. The second-order valence-electron chi connectivity index (χ2n) is 7.29. The van der Waals surface area contributed by atoms with Crippen molar-refractivity contribution in [3.05, 3.63) is 64.7 Å². The molecule has 2 aromatic rings. The van der Waals surface area contributed by atoms with Crippen LogP contribution in [0.3, 0.4) is 0 Å². The van der Waals surface area contributed by atoms with E-state index in [1.807, 2.05) is 45.9 Å². The van der Waals surface area contributed by atoms with E-state index in [0.29, 0.717) is 11.3 Å². The van der Waals surface area contributed by atoms with Crippen LogP contribution >= 0.6 is 11.3 Å². The lowest BCUT2D eigenvalue weighted by Gasteiger charge is -2.11. The van der Waals surface area contributed by atoms with Gasteiger partial charge >= 0.3 is 6.09 Å². The standard InChI is InChI=1S/C22H23N3OS.C2H5NO2.C2H6/c1-15(2)26-20-12-11-18(13-19(20)14-23)22-25-24-21(27-22)10-5-4-8-17-9-6-7-16(17)3;1-5-2(3)4;1-2/h4-5,8,11-13,15H,3,6-7,9-10H2,1-2H3;1H3,(H2,3,4);1-2H3/b5-4-,17-8-;;. The second kappa shape index (κ2) is 15.4. The molecule has 7 nitrogen and oxygen atoms in total. The van der Waals surface area contributed by atoms with E-state index in [4.69, 9.17) is 4.74 Å². The molecule has 0 spiro atoms. The first-order valence-electron chi connectivity index (χ1n) is 11.2. The molecule has 1 aromatic carbocycles. The van der Waals surface area contributed by atoms with Crippen LogP contribution in [0.1, 0.15) is 57.5 Å². The molecule has 1 aromatic heterocycles. The molecule has 34 heavy (non-hydrogen) atoms. The number of methoxy groups -OCH3 is 1. The third-order valence-electron chi connectivity index (χ3n) is 4.48. The van der Waals surface area contributed by atoms with Gasteiger partial charge in [0.1, 0.15) is 21.8 Å². The van der Waals surface area contributed by atoms with E-state index in [1.54, 1.807) is 11.3 Å². The zero-order valence-corrected chi connectivity index (χ0v) is 21.4. The van der Waals surface area contributed by atoms with Crippen molar-refractivity contribution in [1.29, 1.82) is 5.26 Å². The fourth-order valence-corrected chi connectivity index (χ4v) is 3.75. The van der Waals surface area contributed by atoms with Crippen molar-refractivity contribution in [2.45, 2.75) is 59.5 Å². The van der Waals surface area contributed by atoms with Gasteiger partial charge in [0.15, 0.2) is 0 Å². The maximum atomic E-state index is 9.38. The third-order valence-corrected chi connectivity index (χ3v) is 5.48. The average Bonchev–Trinajstić information content (AvgIpc) is 3.47. The van der Waals surface area contributed by atoms with Gasteiger partial charge in [-0.3, -0.25) is 0 Å². The Kier molecular flexibility index (Phi) is 13.0. The summed E-state index contributed by atoms with van der Waals surface area (Å²) in [4.78, 5) is 9.37. The summed E-state index contributed by atoms with van der Waals surface area (Å²) in [5.74, 6) is 0.602. The lowest BCUT2D eigenvalue weighted by atomic mass is 10.1.